The fourth-order valence-corrected chi connectivity index (χ4v) is 4.08. The quantitative estimate of drug-likeness (QED) is 0.662. The molecule has 0 bridgehead atoms. The van der Waals surface area contributed by atoms with Gasteiger partial charge in [-0.1, -0.05) is 25.0 Å². The maximum Gasteiger partial charge on any atom is 0.251 e. The third-order valence-electron chi connectivity index (χ3n) is 5.51. The van der Waals surface area contributed by atoms with Crippen LogP contribution in [0.5, 0.6) is 0 Å². The number of rotatable bonds is 3. The summed E-state index contributed by atoms with van der Waals surface area (Å²) in [7, 11) is 3.51. The van der Waals surface area contributed by atoms with Gasteiger partial charge >= 0.3 is 0 Å². The van der Waals surface area contributed by atoms with Gasteiger partial charge < -0.3 is 15.5 Å². The molecule has 5 heteroatoms. The van der Waals surface area contributed by atoms with Gasteiger partial charge in [0.1, 0.15) is 0 Å². The SMILES string of the molecule is CN=C(NCc1ccc(C(=O)NC)cc1)N1CCC2(CCCC2)C1. The lowest BCUT2D eigenvalue weighted by atomic mass is 9.86. The van der Waals surface area contributed by atoms with Crippen molar-refractivity contribution in [3.63, 3.8) is 0 Å². The van der Waals surface area contributed by atoms with Crippen LogP contribution in [0.25, 0.3) is 0 Å². The van der Waals surface area contributed by atoms with Crippen molar-refractivity contribution in [2.24, 2.45) is 10.4 Å². The van der Waals surface area contributed by atoms with Gasteiger partial charge in [-0.05, 0) is 42.4 Å². The van der Waals surface area contributed by atoms with Crippen molar-refractivity contribution in [3.05, 3.63) is 35.4 Å². The molecule has 3 rings (SSSR count). The van der Waals surface area contributed by atoms with E-state index in [1.165, 1.54) is 32.1 Å². The second kappa shape index (κ2) is 7.24. The topological polar surface area (TPSA) is 56.7 Å². The molecule has 0 radical (unpaired) electrons. The Bertz CT molecular complexity index is 602. The summed E-state index contributed by atoms with van der Waals surface area (Å²) in [5.41, 5.74) is 2.39. The third-order valence-corrected chi connectivity index (χ3v) is 5.51. The molecule has 2 N–H and O–H groups in total. The Morgan fingerprint density at radius 2 is 1.92 bits per heavy atom. The molecule has 1 aliphatic carbocycles. The zero-order chi connectivity index (χ0) is 17.0. The summed E-state index contributed by atoms with van der Waals surface area (Å²) >= 11 is 0. The predicted molar refractivity (Wildman–Crippen MR) is 97.1 cm³/mol. The highest BCUT2D eigenvalue weighted by Gasteiger charge is 2.40. The van der Waals surface area contributed by atoms with Crippen LogP contribution in [0.4, 0.5) is 0 Å². The highest BCUT2D eigenvalue weighted by molar-refractivity contribution is 5.93. The summed E-state index contributed by atoms with van der Waals surface area (Å²) in [5.74, 6) is 0.943. The Morgan fingerprint density at radius 1 is 1.21 bits per heavy atom. The van der Waals surface area contributed by atoms with Gasteiger partial charge in [0.2, 0.25) is 0 Å². The maximum atomic E-state index is 11.6. The van der Waals surface area contributed by atoms with E-state index in [9.17, 15) is 4.79 Å². The van der Waals surface area contributed by atoms with E-state index in [0.717, 1.165) is 31.2 Å². The molecule has 24 heavy (non-hydrogen) atoms. The first-order chi connectivity index (χ1) is 11.7. The summed E-state index contributed by atoms with van der Waals surface area (Å²) < 4.78 is 0. The predicted octanol–water partition coefficient (Wildman–Crippen LogP) is 2.39. The van der Waals surface area contributed by atoms with E-state index < -0.39 is 0 Å². The van der Waals surface area contributed by atoms with E-state index in [1.807, 2.05) is 31.3 Å². The first-order valence-electron chi connectivity index (χ1n) is 8.92. The van der Waals surface area contributed by atoms with Crippen LogP contribution < -0.4 is 10.6 Å². The molecule has 0 atom stereocenters. The first kappa shape index (κ1) is 16.8. The minimum absolute atomic E-state index is 0.0516. The van der Waals surface area contributed by atoms with E-state index in [2.05, 4.69) is 20.5 Å². The third kappa shape index (κ3) is 3.55. The van der Waals surface area contributed by atoms with Crippen molar-refractivity contribution < 1.29 is 4.79 Å². The zero-order valence-electron chi connectivity index (χ0n) is 14.8. The van der Waals surface area contributed by atoms with Crippen LogP contribution in [0.3, 0.4) is 0 Å². The standard InChI is InChI=1S/C19H28N4O/c1-20-17(24)16-7-5-15(6-8-16)13-22-18(21-2)23-12-11-19(14-23)9-3-4-10-19/h5-8H,3-4,9-14H2,1-2H3,(H,20,24)(H,21,22). The molecule has 130 valence electrons. The number of aliphatic imine (C=N–C) groups is 1. The van der Waals surface area contributed by atoms with Crippen molar-refractivity contribution >= 4 is 11.9 Å². The first-order valence-corrected chi connectivity index (χ1v) is 8.92. The van der Waals surface area contributed by atoms with Gasteiger partial charge in [-0.2, -0.15) is 0 Å². The molecule has 1 spiro atoms. The van der Waals surface area contributed by atoms with Gasteiger partial charge in [0.25, 0.3) is 5.91 Å². The average molecular weight is 328 g/mol. The normalized spacial score (nSPS) is 19.8. The molecule has 0 unspecified atom stereocenters. The lowest BCUT2D eigenvalue weighted by Crippen LogP contribution is -2.40. The Morgan fingerprint density at radius 3 is 2.54 bits per heavy atom. The van der Waals surface area contributed by atoms with E-state index in [1.54, 1.807) is 7.05 Å². The smallest absolute Gasteiger partial charge is 0.251 e. The summed E-state index contributed by atoms with van der Waals surface area (Å²) in [6, 6.07) is 7.71. The fraction of sp³-hybridized carbons (Fsp3) is 0.579. The number of carbonyl (C=O) groups is 1. The van der Waals surface area contributed by atoms with Gasteiger partial charge in [0.05, 0.1) is 0 Å². The van der Waals surface area contributed by atoms with E-state index in [4.69, 9.17) is 0 Å². The van der Waals surface area contributed by atoms with Gasteiger partial charge in [0, 0.05) is 39.3 Å². The highest BCUT2D eigenvalue weighted by Crippen LogP contribution is 2.45. The number of nitrogens with one attached hydrogen (secondary N) is 2. The van der Waals surface area contributed by atoms with Crippen molar-refractivity contribution in [2.45, 2.75) is 38.6 Å². The molecule has 2 fully saturated rings. The number of nitrogens with zero attached hydrogens (tertiary/aromatic N) is 2. The molecule has 1 aromatic rings. The number of carbonyl (C=O) groups excluding carboxylic acids is 1. The van der Waals surface area contributed by atoms with Gasteiger partial charge in [-0.15, -0.1) is 0 Å². The van der Waals surface area contributed by atoms with Crippen LogP contribution >= 0.6 is 0 Å². The fourth-order valence-electron chi connectivity index (χ4n) is 4.08. The van der Waals surface area contributed by atoms with Crippen molar-refractivity contribution in [1.82, 2.24) is 15.5 Å². The molecule has 5 nitrogen and oxygen atoms in total. The second-order valence-corrected chi connectivity index (χ2v) is 7.06. The average Bonchev–Trinajstić information content (AvgIpc) is 3.26. The number of hydrogen-bond donors (Lipinski definition) is 2. The monoisotopic (exact) mass is 328 g/mol. The minimum atomic E-state index is -0.0516. The van der Waals surface area contributed by atoms with Crippen LogP contribution in [0.2, 0.25) is 0 Å². The van der Waals surface area contributed by atoms with Crippen LogP contribution in [-0.4, -0.2) is 44.0 Å². The lowest BCUT2D eigenvalue weighted by Gasteiger charge is -2.26. The summed E-state index contributed by atoms with van der Waals surface area (Å²) in [6.45, 7) is 2.97. The van der Waals surface area contributed by atoms with E-state index >= 15 is 0 Å². The molecule has 1 heterocycles. The maximum absolute atomic E-state index is 11.6. The van der Waals surface area contributed by atoms with Gasteiger partial charge in [0.15, 0.2) is 5.96 Å². The second-order valence-electron chi connectivity index (χ2n) is 7.06. The zero-order valence-corrected chi connectivity index (χ0v) is 14.8. The largest absolute Gasteiger partial charge is 0.355 e. The van der Waals surface area contributed by atoms with Crippen LogP contribution in [0.1, 0.15) is 48.0 Å². The van der Waals surface area contributed by atoms with E-state index in [-0.39, 0.29) is 5.91 Å². The van der Waals surface area contributed by atoms with Crippen molar-refractivity contribution in [2.75, 3.05) is 27.2 Å². The molecule has 0 aromatic heterocycles. The Kier molecular flexibility index (Phi) is 5.07. The number of guanidine groups is 1. The van der Waals surface area contributed by atoms with Gasteiger partial charge in [-0.25, -0.2) is 0 Å². The Balaban J connectivity index is 1.56. The Hall–Kier alpha value is -2.04. The van der Waals surface area contributed by atoms with Crippen molar-refractivity contribution in [3.8, 4) is 0 Å². The summed E-state index contributed by atoms with van der Waals surface area (Å²) in [5, 5.41) is 6.11. The molecule has 1 amide bonds. The molecule has 1 aromatic carbocycles. The minimum Gasteiger partial charge on any atom is -0.355 e. The number of hydrogen-bond acceptors (Lipinski definition) is 2. The molecule has 1 saturated carbocycles. The van der Waals surface area contributed by atoms with E-state index in [0.29, 0.717) is 11.0 Å². The van der Waals surface area contributed by atoms with Gasteiger partial charge in [-0.3, -0.25) is 9.79 Å². The molecule has 1 aliphatic heterocycles. The molecular formula is C19H28N4O. The highest BCUT2D eigenvalue weighted by atomic mass is 16.1. The number of likely N-dealkylation sites (tertiary alicyclic amines) is 1. The van der Waals surface area contributed by atoms with Crippen LogP contribution in [-0.2, 0) is 6.54 Å². The molecule has 1 saturated heterocycles. The molecular weight excluding hydrogens is 300 g/mol. The Labute approximate surface area is 144 Å². The number of amides is 1. The van der Waals surface area contributed by atoms with Crippen molar-refractivity contribution in [1.29, 1.82) is 0 Å². The summed E-state index contributed by atoms with van der Waals surface area (Å²) in [4.78, 5) is 18.5. The van der Waals surface area contributed by atoms with Crippen LogP contribution in [0.15, 0.2) is 29.3 Å². The summed E-state index contributed by atoms with van der Waals surface area (Å²) in [6.07, 6.45) is 6.83. The van der Waals surface area contributed by atoms with Crippen LogP contribution in [0, 0.1) is 5.41 Å². The number of benzene rings is 1. The lowest BCUT2D eigenvalue weighted by molar-refractivity contribution is 0.0963. The molecule has 2 aliphatic rings.